The van der Waals surface area contributed by atoms with Crippen LogP contribution in [0.25, 0.3) is 11.5 Å². The number of hydrogen-bond donors (Lipinski definition) is 0. The Hall–Kier alpha value is -2.74. The van der Waals surface area contributed by atoms with Crippen molar-refractivity contribution in [3.63, 3.8) is 0 Å². The number of halogens is 1. The lowest BCUT2D eigenvalue weighted by Crippen LogP contribution is -2.33. The largest absolute Gasteiger partial charge is 0.337 e. The van der Waals surface area contributed by atoms with Crippen molar-refractivity contribution in [1.29, 1.82) is 0 Å². The Morgan fingerprint density at radius 1 is 1.42 bits per heavy atom. The fraction of sp³-hybridized carbons (Fsp3) is 0.353. The molecule has 9 heteroatoms. The second-order valence-electron chi connectivity index (χ2n) is 6.18. The Balaban J connectivity index is 1.51. The van der Waals surface area contributed by atoms with Crippen molar-refractivity contribution in [1.82, 2.24) is 29.8 Å². The zero-order valence-electron chi connectivity index (χ0n) is 14.2. The average Bonchev–Trinajstić information content (AvgIpc) is 3.36. The summed E-state index contributed by atoms with van der Waals surface area (Å²) in [7, 11) is 0. The lowest BCUT2D eigenvalue weighted by atomic mass is 10.2. The van der Waals surface area contributed by atoms with Gasteiger partial charge in [-0.3, -0.25) is 14.5 Å². The Morgan fingerprint density at radius 3 is 3.04 bits per heavy atom. The Kier molecular flexibility index (Phi) is 4.42. The molecule has 3 aromatic heterocycles. The SMILES string of the molecule is Cc1nn(CC(=O)N2CCC[C@H]2c2nc(-c3ccccn3)no2)cc1Cl. The zero-order chi connectivity index (χ0) is 18.1. The van der Waals surface area contributed by atoms with E-state index in [1.807, 2.05) is 18.2 Å². The molecule has 4 rings (SSSR count). The van der Waals surface area contributed by atoms with Gasteiger partial charge in [0.2, 0.25) is 17.6 Å². The number of nitrogens with zero attached hydrogens (tertiary/aromatic N) is 6. The van der Waals surface area contributed by atoms with E-state index in [9.17, 15) is 4.79 Å². The van der Waals surface area contributed by atoms with E-state index in [1.54, 1.807) is 28.9 Å². The van der Waals surface area contributed by atoms with E-state index >= 15 is 0 Å². The highest BCUT2D eigenvalue weighted by Gasteiger charge is 2.34. The summed E-state index contributed by atoms with van der Waals surface area (Å²) in [5.74, 6) is 0.810. The van der Waals surface area contributed by atoms with E-state index in [2.05, 4.69) is 20.2 Å². The van der Waals surface area contributed by atoms with Crippen molar-refractivity contribution in [2.24, 2.45) is 0 Å². The van der Waals surface area contributed by atoms with Gasteiger partial charge in [-0.15, -0.1) is 0 Å². The quantitative estimate of drug-likeness (QED) is 0.699. The van der Waals surface area contributed by atoms with E-state index in [1.165, 1.54) is 0 Å². The molecule has 26 heavy (non-hydrogen) atoms. The first kappa shape index (κ1) is 16.7. The third-order valence-electron chi connectivity index (χ3n) is 4.38. The summed E-state index contributed by atoms with van der Waals surface area (Å²) in [4.78, 5) is 23.1. The molecule has 0 saturated carbocycles. The third kappa shape index (κ3) is 3.20. The summed E-state index contributed by atoms with van der Waals surface area (Å²) in [6.07, 6.45) is 5.00. The van der Waals surface area contributed by atoms with Crippen LogP contribution in [0.2, 0.25) is 5.02 Å². The highest BCUT2D eigenvalue weighted by Crippen LogP contribution is 2.32. The number of amides is 1. The summed E-state index contributed by atoms with van der Waals surface area (Å²) in [5, 5.41) is 8.79. The smallest absolute Gasteiger partial charge is 0.249 e. The van der Waals surface area contributed by atoms with E-state index in [0.717, 1.165) is 12.8 Å². The molecule has 1 saturated heterocycles. The van der Waals surface area contributed by atoms with Gasteiger partial charge in [-0.2, -0.15) is 10.1 Å². The van der Waals surface area contributed by atoms with Crippen molar-refractivity contribution in [3.05, 3.63) is 47.2 Å². The van der Waals surface area contributed by atoms with Crippen molar-refractivity contribution < 1.29 is 9.32 Å². The maximum atomic E-state index is 12.7. The van der Waals surface area contributed by atoms with Crippen LogP contribution in [0.4, 0.5) is 0 Å². The summed E-state index contributed by atoms with van der Waals surface area (Å²) in [6, 6.07) is 5.28. The number of aryl methyl sites for hydroxylation is 1. The van der Waals surface area contributed by atoms with Gasteiger partial charge in [-0.1, -0.05) is 22.8 Å². The normalized spacial score (nSPS) is 17.0. The molecule has 3 aromatic rings. The number of carbonyl (C=O) groups excluding carboxylic acids is 1. The predicted octanol–water partition coefficient (Wildman–Crippen LogP) is 2.65. The molecular formula is C17H17ClN6O2. The standard InChI is InChI=1S/C17H17ClN6O2/c1-11-12(18)9-23(21-11)10-15(25)24-8-4-6-14(24)17-20-16(22-26-17)13-5-2-3-7-19-13/h2-3,5,7,9,14H,4,6,8,10H2,1H3/t14-/m0/s1. The Bertz CT molecular complexity index is 903. The molecule has 1 amide bonds. The molecule has 0 bridgehead atoms. The monoisotopic (exact) mass is 372 g/mol. The highest BCUT2D eigenvalue weighted by atomic mass is 35.5. The first-order valence-electron chi connectivity index (χ1n) is 8.36. The molecule has 0 N–H and O–H groups in total. The Labute approximate surface area is 154 Å². The third-order valence-corrected chi connectivity index (χ3v) is 4.75. The van der Waals surface area contributed by atoms with Gasteiger partial charge >= 0.3 is 0 Å². The second kappa shape index (κ2) is 6.87. The van der Waals surface area contributed by atoms with Crippen LogP contribution in [0.1, 0.15) is 30.5 Å². The van der Waals surface area contributed by atoms with Crippen LogP contribution >= 0.6 is 11.6 Å². The van der Waals surface area contributed by atoms with Gasteiger partial charge in [-0.25, -0.2) is 0 Å². The van der Waals surface area contributed by atoms with Gasteiger partial charge in [0.25, 0.3) is 0 Å². The molecular weight excluding hydrogens is 356 g/mol. The van der Waals surface area contributed by atoms with Crippen molar-refractivity contribution >= 4 is 17.5 Å². The number of carbonyl (C=O) groups is 1. The fourth-order valence-electron chi connectivity index (χ4n) is 3.10. The second-order valence-corrected chi connectivity index (χ2v) is 6.58. The zero-order valence-corrected chi connectivity index (χ0v) is 14.9. The minimum absolute atomic E-state index is 0.0516. The minimum Gasteiger partial charge on any atom is -0.337 e. The molecule has 4 heterocycles. The molecule has 0 aromatic carbocycles. The van der Waals surface area contributed by atoms with E-state index in [-0.39, 0.29) is 18.5 Å². The van der Waals surface area contributed by atoms with Crippen molar-refractivity contribution in [2.45, 2.75) is 32.4 Å². The van der Waals surface area contributed by atoms with E-state index in [0.29, 0.717) is 34.7 Å². The molecule has 1 fully saturated rings. The molecule has 134 valence electrons. The number of hydrogen-bond acceptors (Lipinski definition) is 6. The summed E-state index contributed by atoms with van der Waals surface area (Å²) >= 11 is 6.01. The van der Waals surface area contributed by atoms with Crippen LogP contribution in [0.3, 0.4) is 0 Å². The van der Waals surface area contributed by atoms with E-state index < -0.39 is 0 Å². The van der Waals surface area contributed by atoms with Crippen LogP contribution in [0.5, 0.6) is 0 Å². The number of aromatic nitrogens is 5. The number of rotatable bonds is 4. The Morgan fingerprint density at radius 2 is 2.31 bits per heavy atom. The van der Waals surface area contributed by atoms with Gasteiger partial charge in [0, 0.05) is 18.9 Å². The van der Waals surface area contributed by atoms with Crippen LogP contribution in [-0.4, -0.2) is 42.3 Å². The maximum Gasteiger partial charge on any atom is 0.249 e. The fourth-order valence-corrected chi connectivity index (χ4v) is 3.25. The number of likely N-dealkylation sites (tertiary alicyclic amines) is 1. The van der Waals surface area contributed by atoms with Gasteiger partial charge in [0.05, 0.1) is 10.7 Å². The lowest BCUT2D eigenvalue weighted by molar-refractivity contribution is -0.133. The summed E-state index contributed by atoms with van der Waals surface area (Å²) in [5.41, 5.74) is 1.34. The van der Waals surface area contributed by atoms with Crippen molar-refractivity contribution in [2.75, 3.05) is 6.54 Å². The minimum atomic E-state index is -0.223. The highest BCUT2D eigenvalue weighted by molar-refractivity contribution is 6.31. The van der Waals surface area contributed by atoms with Gasteiger partial charge in [-0.05, 0) is 31.9 Å². The molecule has 1 aliphatic heterocycles. The van der Waals surface area contributed by atoms with Crippen molar-refractivity contribution in [3.8, 4) is 11.5 Å². The van der Waals surface area contributed by atoms with Gasteiger partial charge in [0.15, 0.2) is 0 Å². The topological polar surface area (TPSA) is 89.9 Å². The number of pyridine rings is 1. The van der Waals surface area contributed by atoms with E-state index in [4.69, 9.17) is 16.1 Å². The maximum absolute atomic E-state index is 12.7. The first-order valence-corrected chi connectivity index (χ1v) is 8.73. The first-order chi connectivity index (χ1) is 12.6. The molecule has 0 radical (unpaired) electrons. The molecule has 1 aliphatic rings. The van der Waals surface area contributed by atoms with Gasteiger partial charge in [0.1, 0.15) is 18.3 Å². The van der Waals surface area contributed by atoms with Crippen LogP contribution in [0, 0.1) is 6.92 Å². The molecule has 8 nitrogen and oxygen atoms in total. The lowest BCUT2D eigenvalue weighted by Gasteiger charge is -2.21. The van der Waals surface area contributed by atoms with Crippen LogP contribution in [0.15, 0.2) is 35.1 Å². The molecule has 0 spiro atoms. The average molecular weight is 373 g/mol. The summed E-state index contributed by atoms with van der Waals surface area (Å²) < 4.78 is 6.98. The molecule has 0 aliphatic carbocycles. The summed E-state index contributed by atoms with van der Waals surface area (Å²) in [6.45, 7) is 2.59. The van der Waals surface area contributed by atoms with Crippen LogP contribution < -0.4 is 0 Å². The van der Waals surface area contributed by atoms with Crippen LogP contribution in [-0.2, 0) is 11.3 Å². The predicted molar refractivity (Wildman–Crippen MR) is 93.2 cm³/mol. The molecule has 1 atom stereocenters. The van der Waals surface area contributed by atoms with Gasteiger partial charge < -0.3 is 9.42 Å². The molecule has 0 unspecified atom stereocenters.